The number of hydrogen-bond acceptors (Lipinski definition) is 3. The van der Waals surface area contributed by atoms with Crippen LogP contribution in [0, 0.1) is 11.7 Å². The van der Waals surface area contributed by atoms with Crippen molar-refractivity contribution < 1.29 is 12.8 Å². The zero-order valence-electron chi connectivity index (χ0n) is 10.2. The Morgan fingerprint density at radius 1 is 1.28 bits per heavy atom. The number of rotatable bonds is 3. The van der Waals surface area contributed by atoms with Gasteiger partial charge in [0.1, 0.15) is 15.7 Å². The number of nitrogens with two attached hydrogens (primary N) is 1. The minimum Gasteiger partial charge on any atom is -0.330 e. The molecule has 100 valence electrons. The maximum atomic E-state index is 13.8. The van der Waals surface area contributed by atoms with Crippen molar-refractivity contribution in [2.75, 3.05) is 18.1 Å². The molecule has 1 aliphatic rings. The van der Waals surface area contributed by atoms with Gasteiger partial charge in [0.2, 0.25) is 0 Å². The minimum absolute atomic E-state index is 0.0818. The van der Waals surface area contributed by atoms with Crippen molar-refractivity contribution >= 4 is 9.84 Å². The van der Waals surface area contributed by atoms with Crippen LogP contribution in [0.1, 0.15) is 24.3 Å². The molecular formula is C13H18FNO2S. The molecule has 2 N–H and O–H groups in total. The Labute approximate surface area is 107 Å². The van der Waals surface area contributed by atoms with E-state index in [2.05, 4.69) is 0 Å². The molecule has 1 heterocycles. The molecule has 0 spiro atoms. The third-order valence-corrected chi connectivity index (χ3v) is 5.44. The zero-order chi connectivity index (χ0) is 13.2. The van der Waals surface area contributed by atoms with E-state index < -0.39 is 9.84 Å². The van der Waals surface area contributed by atoms with E-state index >= 15 is 0 Å². The Balaban J connectivity index is 2.18. The van der Waals surface area contributed by atoms with E-state index in [1.807, 2.05) is 0 Å². The fourth-order valence-corrected chi connectivity index (χ4v) is 4.19. The lowest BCUT2D eigenvalue weighted by Crippen LogP contribution is -2.31. The predicted octanol–water partition coefficient (Wildman–Crippen LogP) is 1.69. The van der Waals surface area contributed by atoms with Crippen molar-refractivity contribution in [2.24, 2.45) is 11.7 Å². The first kappa shape index (κ1) is 13.5. The van der Waals surface area contributed by atoms with Gasteiger partial charge in [-0.05, 0) is 36.9 Å². The molecule has 0 radical (unpaired) electrons. The van der Waals surface area contributed by atoms with Gasteiger partial charge in [-0.3, -0.25) is 0 Å². The first-order valence-corrected chi connectivity index (χ1v) is 8.00. The molecule has 0 saturated carbocycles. The maximum absolute atomic E-state index is 13.8. The molecule has 0 bridgehead atoms. The molecule has 2 rings (SSSR count). The van der Waals surface area contributed by atoms with Crippen LogP contribution in [0.25, 0.3) is 0 Å². The topological polar surface area (TPSA) is 60.2 Å². The fourth-order valence-electron chi connectivity index (χ4n) is 2.66. The van der Waals surface area contributed by atoms with Gasteiger partial charge in [0, 0.05) is 5.92 Å². The van der Waals surface area contributed by atoms with Crippen LogP contribution in [0.2, 0.25) is 0 Å². The minimum atomic E-state index is -2.88. The molecule has 1 aromatic rings. The molecule has 1 fully saturated rings. The first-order valence-electron chi connectivity index (χ1n) is 6.18. The molecule has 1 aliphatic heterocycles. The van der Waals surface area contributed by atoms with Crippen LogP contribution in [-0.2, 0) is 9.84 Å². The summed E-state index contributed by atoms with van der Waals surface area (Å²) in [6.45, 7) is 0.353. The van der Waals surface area contributed by atoms with Crippen LogP contribution >= 0.6 is 0 Å². The molecule has 3 nitrogen and oxygen atoms in total. The summed E-state index contributed by atoms with van der Waals surface area (Å²) in [6.07, 6.45) is 1.16. The number of hydrogen-bond donors (Lipinski definition) is 1. The van der Waals surface area contributed by atoms with Gasteiger partial charge < -0.3 is 5.73 Å². The van der Waals surface area contributed by atoms with Gasteiger partial charge >= 0.3 is 0 Å². The monoisotopic (exact) mass is 271 g/mol. The Morgan fingerprint density at radius 3 is 2.44 bits per heavy atom. The standard InChI is InChI=1S/C13H18FNO2S/c14-13-4-2-1-3-11(13)12(9-15)10-5-7-18(16,17)8-6-10/h1-4,10,12H,5-9,15H2. The molecule has 1 aromatic carbocycles. The van der Waals surface area contributed by atoms with Gasteiger partial charge in [0.05, 0.1) is 11.5 Å². The van der Waals surface area contributed by atoms with E-state index in [1.165, 1.54) is 6.07 Å². The van der Waals surface area contributed by atoms with E-state index in [0.29, 0.717) is 24.9 Å². The summed E-state index contributed by atoms with van der Waals surface area (Å²) < 4.78 is 36.6. The second-order valence-corrected chi connectivity index (χ2v) is 7.16. The summed E-state index contributed by atoms with van der Waals surface area (Å²) in [5, 5.41) is 0. The molecule has 18 heavy (non-hydrogen) atoms. The molecule has 0 aliphatic carbocycles. The van der Waals surface area contributed by atoms with Gasteiger partial charge in [0.25, 0.3) is 0 Å². The Hall–Kier alpha value is -0.940. The fraction of sp³-hybridized carbons (Fsp3) is 0.538. The van der Waals surface area contributed by atoms with Crippen molar-refractivity contribution in [3.63, 3.8) is 0 Å². The lowest BCUT2D eigenvalue weighted by atomic mass is 9.82. The maximum Gasteiger partial charge on any atom is 0.150 e. The Kier molecular flexibility index (Phi) is 4.02. The van der Waals surface area contributed by atoms with Crippen LogP contribution in [0.4, 0.5) is 4.39 Å². The zero-order valence-corrected chi connectivity index (χ0v) is 11.0. The highest BCUT2D eigenvalue weighted by Crippen LogP contribution is 2.33. The Bertz CT molecular complexity index is 501. The summed E-state index contributed by atoms with van der Waals surface area (Å²) in [7, 11) is -2.88. The summed E-state index contributed by atoms with van der Waals surface area (Å²) in [5.74, 6) is 0.226. The number of halogens is 1. The third-order valence-electron chi connectivity index (χ3n) is 3.73. The van der Waals surface area contributed by atoms with Crippen LogP contribution < -0.4 is 5.73 Å². The molecule has 5 heteroatoms. The molecule has 1 atom stereocenters. The van der Waals surface area contributed by atoms with Crippen LogP contribution in [0.5, 0.6) is 0 Å². The van der Waals surface area contributed by atoms with Crippen LogP contribution in [-0.4, -0.2) is 26.5 Å². The second-order valence-electron chi connectivity index (χ2n) is 4.85. The largest absolute Gasteiger partial charge is 0.330 e. The van der Waals surface area contributed by atoms with Crippen LogP contribution in [0.15, 0.2) is 24.3 Å². The van der Waals surface area contributed by atoms with E-state index in [-0.39, 0.29) is 29.2 Å². The number of sulfone groups is 1. The van der Waals surface area contributed by atoms with E-state index in [0.717, 1.165) is 0 Å². The first-order chi connectivity index (χ1) is 8.53. The van der Waals surface area contributed by atoms with E-state index in [1.54, 1.807) is 18.2 Å². The van der Waals surface area contributed by atoms with Gasteiger partial charge in [-0.25, -0.2) is 12.8 Å². The summed E-state index contributed by atoms with van der Waals surface area (Å²) >= 11 is 0. The summed E-state index contributed by atoms with van der Waals surface area (Å²) in [5.41, 5.74) is 6.37. The average Bonchev–Trinajstić information content (AvgIpc) is 2.34. The van der Waals surface area contributed by atoms with Gasteiger partial charge in [0.15, 0.2) is 0 Å². The smallest absolute Gasteiger partial charge is 0.150 e. The lowest BCUT2D eigenvalue weighted by molar-refractivity contribution is 0.380. The number of benzene rings is 1. The third kappa shape index (κ3) is 2.90. The lowest BCUT2D eigenvalue weighted by Gasteiger charge is -2.29. The van der Waals surface area contributed by atoms with Crippen molar-refractivity contribution in [1.29, 1.82) is 0 Å². The SMILES string of the molecule is NCC(c1ccccc1F)C1CCS(=O)(=O)CC1. The highest BCUT2D eigenvalue weighted by molar-refractivity contribution is 7.91. The highest BCUT2D eigenvalue weighted by Gasteiger charge is 2.30. The average molecular weight is 271 g/mol. The molecule has 0 amide bonds. The summed E-state index contributed by atoms with van der Waals surface area (Å²) in [4.78, 5) is 0. The van der Waals surface area contributed by atoms with Gasteiger partial charge in [-0.2, -0.15) is 0 Å². The highest BCUT2D eigenvalue weighted by atomic mass is 32.2. The van der Waals surface area contributed by atoms with Crippen molar-refractivity contribution in [1.82, 2.24) is 0 Å². The van der Waals surface area contributed by atoms with Crippen molar-refractivity contribution in [3.8, 4) is 0 Å². The van der Waals surface area contributed by atoms with Gasteiger partial charge in [-0.1, -0.05) is 18.2 Å². The molecule has 0 aromatic heterocycles. The van der Waals surface area contributed by atoms with E-state index in [4.69, 9.17) is 5.73 Å². The van der Waals surface area contributed by atoms with Crippen molar-refractivity contribution in [2.45, 2.75) is 18.8 Å². The molecule has 1 unspecified atom stereocenters. The summed E-state index contributed by atoms with van der Waals surface area (Å²) in [6, 6.07) is 6.62. The Morgan fingerprint density at radius 2 is 1.89 bits per heavy atom. The van der Waals surface area contributed by atoms with Crippen molar-refractivity contribution in [3.05, 3.63) is 35.6 Å². The molecule has 1 saturated heterocycles. The van der Waals surface area contributed by atoms with E-state index in [9.17, 15) is 12.8 Å². The van der Waals surface area contributed by atoms with Gasteiger partial charge in [-0.15, -0.1) is 0 Å². The normalized spacial score (nSPS) is 21.7. The van der Waals surface area contributed by atoms with Crippen LogP contribution in [0.3, 0.4) is 0 Å². The quantitative estimate of drug-likeness (QED) is 0.910. The second kappa shape index (κ2) is 5.36. The molecular weight excluding hydrogens is 253 g/mol. The predicted molar refractivity (Wildman–Crippen MR) is 69.6 cm³/mol.